The summed E-state index contributed by atoms with van der Waals surface area (Å²) in [6.07, 6.45) is 4.98. The SMILES string of the molecule is O=C(CCOC(=O)Nc1ccccc1-c1ccccc1)NCCCCCNCc1ccc(OC2CCNCC2)cc1. The van der Waals surface area contributed by atoms with Crippen LogP contribution in [0.3, 0.4) is 0 Å². The van der Waals surface area contributed by atoms with E-state index in [1.54, 1.807) is 0 Å². The molecule has 1 saturated heterocycles. The Morgan fingerprint density at radius 2 is 1.56 bits per heavy atom. The lowest BCUT2D eigenvalue weighted by molar-refractivity contribution is -0.121. The number of anilines is 1. The Morgan fingerprint density at radius 3 is 2.37 bits per heavy atom. The molecule has 1 fully saturated rings. The number of amides is 2. The van der Waals surface area contributed by atoms with Crippen LogP contribution in [0.25, 0.3) is 11.1 Å². The van der Waals surface area contributed by atoms with Gasteiger partial charge in [0, 0.05) is 18.7 Å². The van der Waals surface area contributed by atoms with Crippen molar-refractivity contribution in [3.63, 3.8) is 0 Å². The Bertz CT molecular complexity index is 1200. The van der Waals surface area contributed by atoms with Crippen LogP contribution in [0.5, 0.6) is 5.75 Å². The molecule has 0 spiro atoms. The molecule has 8 nitrogen and oxygen atoms in total. The molecule has 2 amide bonds. The molecule has 0 atom stereocenters. The zero-order chi connectivity index (χ0) is 28.5. The van der Waals surface area contributed by atoms with Gasteiger partial charge < -0.3 is 25.4 Å². The Hall–Kier alpha value is -3.88. The molecule has 8 heteroatoms. The molecule has 41 heavy (non-hydrogen) atoms. The van der Waals surface area contributed by atoms with Crippen LogP contribution in [-0.2, 0) is 16.1 Å². The second kappa shape index (κ2) is 17.0. The summed E-state index contributed by atoms with van der Waals surface area (Å²) in [7, 11) is 0. The Labute approximate surface area is 243 Å². The standard InChI is InChI=1S/C33H42N4O4/c38-32(19-24-40-33(39)37-31-12-6-5-11-30(31)27-9-3-1-4-10-27)36-21-8-2-7-20-35-25-26-13-15-28(16-14-26)41-29-17-22-34-23-18-29/h1,3-6,9-16,29,34-35H,2,7-8,17-25H2,(H,36,38)(H,37,39). The molecular weight excluding hydrogens is 516 g/mol. The minimum atomic E-state index is -0.574. The van der Waals surface area contributed by atoms with E-state index in [4.69, 9.17) is 9.47 Å². The lowest BCUT2D eigenvalue weighted by Crippen LogP contribution is -2.34. The maximum Gasteiger partial charge on any atom is 0.411 e. The summed E-state index contributed by atoms with van der Waals surface area (Å²) in [5.41, 5.74) is 3.82. The number of unbranched alkanes of at least 4 members (excludes halogenated alkanes) is 2. The second-order valence-electron chi connectivity index (χ2n) is 10.2. The number of nitrogens with one attached hydrogen (secondary N) is 4. The number of rotatable bonds is 15. The van der Waals surface area contributed by atoms with E-state index < -0.39 is 6.09 Å². The fourth-order valence-electron chi connectivity index (χ4n) is 4.74. The quantitative estimate of drug-likeness (QED) is 0.184. The number of piperidine rings is 1. The summed E-state index contributed by atoms with van der Waals surface area (Å²) in [6, 6.07) is 25.7. The summed E-state index contributed by atoms with van der Waals surface area (Å²) in [5, 5.41) is 12.5. The van der Waals surface area contributed by atoms with Crippen LogP contribution < -0.4 is 26.0 Å². The van der Waals surface area contributed by atoms with Crippen molar-refractivity contribution in [2.24, 2.45) is 0 Å². The highest BCUT2D eigenvalue weighted by atomic mass is 16.5. The highest BCUT2D eigenvalue weighted by molar-refractivity contribution is 5.91. The van der Waals surface area contributed by atoms with Gasteiger partial charge in [-0.25, -0.2) is 4.79 Å². The highest BCUT2D eigenvalue weighted by Gasteiger charge is 2.14. The average molecular weight is 559 g/mol. The van der Waals surface area contributed by atoms with Crippen molar-refractivity contribution in [1.82, 2.24) is 16.0 Å². The fraction of sp³-hybridized carbons (Fsp3) is 0.394. The minimum absolute atomic E-state index is 0.0280. The maximum absolute atomic E-state index is 12.3. The van der Waals surface area contributed by atoms with E-state index in [2.05, 4.69) is 45.5 Å². The van der Waals surface area contributed by atoms with Crippen LogP contribution in [0, 0.1) is 0 Å². The predicted octanol–water partition coefficient (Wildman–Crippen LogP) is 5.50. The van der Waals surface area contributed by atoms with Crippen LogP contribution in [-0.4, -0.2) is 50.9 Å². The molecule has 4 rings (SSSR count). The predicted molar refractivity (Wildman–Crippen MR) is 163 cm³/mol. The molecule has 1 heterocycles. The molecule has 218 valence electrons. The van der Waals surface area contributed by atoms with Gasteiger partial charge in [-0.15, -0.1) is 0 Å². The number of hydrogen-bond acceptors (Lipinski definition) is 6. The molecule has 3 aromatic carbocycles. The lowest BCUT2D eigenvalue weighted by atomic mass is 10.0. The van der Waals surface area contributed by atoms with Gasteiger partial charge in [-0.2, -0.15) is 0 Å². The van der Waals surface area contributed by atoms with Crippen LogP contribution >= 0.6 is 0 Å². The fourth-order valence-corrected chi connectivity index (χ4v) is 4.74. The van der Waals surface area contributed by atoms with Crippen molar-refractivity contribution in [1.29, 1.82) is 0 Å². The van der Waals surface area contributed by atoms with Crippen LogP contribution in [0.1, 0.15) is 44.1 Å². The van der Waals surface area contributed by atoms with Crippen LogP contribution in [0.15, 0.2) is 78.9 Å². The van der Waals surface area contributed by atoms with Gasteiger partial charge in [0.15, 0.2) is 0 Å². The summed E-state index contributed by atoms with van der Waals surface area (Å²) >= 11 is 0. The van der Waals surface area contributed by atoms with E-state index in [9.17, 15) is 9.59 Å². The monoisotopic (exact) mass is 558 g/mol. The first-order valence-electron chi connectivity index (χ1n) is 14.7. The molecule has 0 aliphatic carbocycles. The third kappa shape index (κ3) is 10.9. The first kappa shape index (κ1) is 30.1. The first-order chi connectivity index (χ1) is 20.2. The summed E-state index contributed by atoms with van der Waals surface area (Å²) < 4.78 is 11.3. The summed E-state index contributed by atoms with van der Waals surface area (Å²) in [6.45, 7) is 4.46. The largest absolute Gasteiger partial charge is 0.490 e. The number of carbonyl (C=O) groups is 2. The van der Waals surface area contributed by atoms with E-state index in [1.165, 1.54) is 5.56 Å². The highest BCUT2D eigenvalue weighted by Crippen LogP contribution is 2.27. The van der Waals surface area contributed by atoms with Gasteiger partial charge in [0.1, 0.15) is 18.5 Å². The normalized spacial score (nSPS) is 13.4. The molecule has 4 N–H and O–H groups in total. The number of benzene rings is 3. The molecule has 1 aliphatic heterocycles. The van der Waals surface area contributed by atoms with Gasteiger partial charge >= 0.3 is 6.09 Å². The van der Waals surface area contributed by atoms with E-state index in [-0.39, 0.29) is 18.9 Å². The van der Waals surface area contributed by atoms with Gasteiger partial charge in [0.05, 0.1) is 12.1 Å². The summed E-state index contributed by atoms with van der Waals surface area (Å²) in [4.78, 5) is 24.4. The number of hydrogen-bond donors (Lipinski definition) is 4. The molecule has 0 aromatic heterocycles. The molecule has 0 radical (unpaired) electrons. The Morgan fingerprint density at radius 1 is 0.829 bits per heavy atom. The number of para-hydroxylation sites is 1. The number of ether oxygens (including phenoxy) is 2. The minimum Gasteiger partial charge on any atom is -0.490 e. The van der Waals surface area contributed by atoms with Gasteiger partial charge in [0.2, 0.25) is 5.91 Å². The molecule has 0 unspecified atom stereocenters. The van der Waals surface area contributed by atoms with Crippen LogP contribution in [0.4, 0.5) is 10.5 Å². The molecular formula is C33H42N4O4. The Kier molecular flexibility index (Phi) is 12.5. The van der Waals surface area contributed by atoms with Gasteiger partial charge in [-0.05, 0) is 74.6 Å². The molecule has 0 saturated carbocycles. The van der Waals surface area contributed by atoms with Crippen molar-refractivity contribution in [3.8, 4) is 16.9 Å². The van der Waals surface area contributed by atoms with Gasteiger partial charge in [0.25, 0.3) is 0 Å². The third-order valence-corrected chi connectivity index (χ3v) is 7.00. The Balaban J connectivity index is 1.000. The maximum atomic E-state index is 12.3. The lowest BCUT2D eigenvalue weighted by Gasteiger charge is -2.23. The van der Waals surface area contributed by atoms with Crippen molar-refractivity contribution in [3.05, 3.63) is 84.4 Å². The van der Waals surface area contributed by atoms with E-state index >= 15 is 0 Å². The van der Waals surface area contributed by atoms with Crippen molar-refractivity contribution < 1.29 is 19.1 Å². The van der Waals surface area contributed by atoms with Crippen molar-refractivity contribution in [2.75, 3.05) is 38.1 Å². The van der Waals surface area contributed by atoms with E-state index in [0.717, 1.165) is 75.2 Å². The average Bonchev–Trinajstić information content (AvgIpc) is 3.00. The van der Waals surface area contributed by atoms with Gasteiger partial charge in [-0.1, -0.05) is 67.1 Å². The first-order valence-corrected chi connectivity index (χ1v) is 14.7. The van der Waals surface area contributed by atoms with Crippen LogP contribution in [0.2, 0.25) is 0 Å². The smallest absolute Gasteiger partial charge is 0.411 e. The molecule has 1 aliphatic rings. The topological polar surface area (TPSA) is 101 Å². The number of carbonyl (C=O) groups excluding carboxylic acids is 2. The zero-order valence-electron chi connectivity index (χ0n) is 23.7. The van der Waals surface area contributed by atoms with E-state index in [0.29, 0.717) is 18.3 Å². The summed E-state index contributed by atoms with van der Waals surface area (Å²) in [5.74, 6) is 0.829. The molecule has 3 aromatic rings. The molecule has 0 bridgehead atoms. The van der Waals surface area contributed by atoms with Crippen molar-refractivity contribution in [2.45, 2.75) is 51.2 Å². The second-order valence-corrected chi connectivity index (χ2v) is 10.2. The van der Waals surface area contributed by atoms with Gasteiger partial charge in [-0.3, -0.25) is 10.1 Å². The van der Waals surface area contributed by atoms with E-state index in [1.807, 2.05) is 54.6 Å². The van der Waals surface area contributed by atoms with Crippen molar-refractivity contribution >= 4 is 17.7 Å². The zero-order valence-corrected chi connectivity index (χ0v) is 23.7. The third-order valence-electron chi connectivity index (χ3n) is 7.00.